The minimum Gasteiger partial charge on any atom is -0.481 e. The molecule has 7 heteroatoms. The van der Waals surface area contributed by atoms with Crippen LogP contribution in [0, 0.1) is 5.92 Å². The molecule has 3 amide bonds. The van der Waals surface area contributed by atoms with Gasteiger partial charge in [0.1, 0.15) is 0 Å². The zero-order valence-corrected chi connectivity index (χ0v) is 11.3. The van der Waals surface area contributed by atoms with Gasteiger partial charge in [-0.2, -0.15) is 0 Å². The maximum atomic E-state index is 11.6. The van der Waals surface area contributed by atoms with Crippen LogP contribution < -0.4 is 10.6 Å². The molecular weight excluding hydrogens is 250 g/mol. The van der Waals surface area contributed by atoms with Crippen molar-refractivity contribution in [1.82, 2.24) is 15.5 Å². The number of carboxylic acid groups (broad SMARTS) is 1. The Hall–Kier alpha value is -1.63. The molecule has 0 radical (unpaired) electrons. The average Bonchev–Trinajstić information content (AvgIpc) is 2.68. The van der Waals surface area contributed by atoms with Gasteiger partial charge < -0.3 is 10.4 Å². The first-order valence-corrected chi connectivity index (χ1v) is 6.50. The van der Waals surface area contributed by atoms with Crippen LogP contribution in [0.15, 0.2) is 0 Å². The highest BCUT2D eigenvalue weighted by Crippen LogP contribution is 2.23. The summed E-state index contributed by atoms with van der Waals surface area (Å²) in [6, 6.07) is -0.699. The fourth-order valence-electron chi connectivity index (χ4n) is 2.19. The Bertz CT molecular complexity index is 359. The van der Waals surface area contributed by atoms with Gasteiger partial charge in [-0.3, -0.25) is 19.8 Å². The molecule has 0 saturated carbocycles. The fraction of sp³-hybridized carbons (Fsp3) is 0.750. The minimum absolute atomic E-state index is 0.0461. The highest BCUT2D eigenvalue weighted by atomic mass is 16.4. The summed E-state index contributed by atoms with van der Waals surface area (Å²) in [6.45, 7) is 4.82. The van der Waals surface area contributed by atoms with E-state index in [1.54, 1.807) is 11.8 Å². The van der Waals surface area contributed by atoms with Gasteiger partial charge in [0, 0.05) is 12.6 Å². The van der Waals surface area contributed by atoms with E-state index in [9.17, 15) is 14.4 Å². The number of hydrogen-bond acceptors (Lipinski definition) is 4. The van der Waals surface area contributed by atoms with Gasteiger partial charge in [0.2, 0.25) is 5.91 Å². The van der Waals surface area contributed by atoms with Gasteiger partial charge in [0.15, 0.2) is 0 Å². The summed E-state index contributed by atoms with van der Waals surface area (Å²) in [5, 5.41) is 13.8. The van der Waals surface area contributed by atoms with Crippen LogP contribution in [0.1, 0.15) is 26.7 Å². The molecule has 1 fully saturated rings. The van der Waals surface area contributed by atoms with Gasteiger partial charge in [0.05, 0.1) is 12.5 Å². The summed E-state index contributed by atoms with van der Waals surface area (Å²) in [5.41, 5.74) is 0. The van der Waals surface area contributed by atoms with E-state index in [0.717, 1.165) is 6.42 Å². The summed E-state index contributed by atoms with van der Waals surface area (Å²) < 4.78 is 0. The Morgan fingerprint density at radius 2 is 2.05 bits per heavy atom. The van der Waals surface area contributed by atoms with E-state index in [-0.39, 0.29) is 12.6 Å². The molecule has 1 saturated heterocycles. The third kappa shape index (κ3) is 4.51. The fourth-order valence-corrected chi connectivity index (χ4v) is 2.19. The Kier molecular flexibility index (Phi) is 5.75. The molecule has 108 valence electrons. The Morgan fingerprint density at radius 1 is 1.37 bits per heavy atom. The van der Waals surface area contributed by atoms with Crippen LogP contribution in [-0.4, -0.2) is 53.6 Å². The number of amides is 3. The summed E-state index contributed by atoms with van der Waals surface area (Å²) in [4.78, 5) is 35.6. The molecule has 0 bridgehead atoms. The van der Waals surface area contributed by atoms with Crippen LogP contribution in [0.3, 0.4) is 0 Å². The van der Waals surface area contributed by atoms with Crippen molar-refractivity contribution >= 4 is 17.9 Å². The number of nitrogens with zero attached hydrogens (tertiary/aromatic N) is 1. The van der Waals surface area contributed by atoms with Crippen LogP contribution in [0.25, 0.3) is 0 Å². The molecule has 0 aromatic heterocycles. The summed E-state index contributed by atoms with van der Waals surface area (Å²) in [6.07, 6.45) is 1.33. The second-order valence-electron chi connectivity index (χ2n) is 4.75. The lowest BCUT2D eigenvalue weighted by Crippen LogP contribution is -2.46. The topological polar surface area (TPSA) is 98.7 Å². The number of rotatable bonds is 5. The van der Waals surface area contributed by atoms with Crippen molar-refractivity contribution in [2.45, 2.75) is 32.7 Å². The second kappa shape index (κ2) is 7.08. The monoisotopic (exact) mass is 271 g/mol. The molecule has 7 nitrogen and oxygen atoms in total. The van der Waals surface area contributed by atoms with E-state index in [1.807, 2.05) is 6.92 Å². The molecule has 0 aromatic rings. The minimum atomic E-state index is -0.837. The van der Waals surface area contributed by atoms with E-state index in [2.05, 4.69) is 10.6 Å². The number of imide groups is 1. The number of hydrogen-bond donors (Lipinski definition) is 3. The van der Waals surface area contributed by atoms with Gasteiger partial charge in [-0.25, -0.2) is 4.79 Å². The zero-order valence-electron chi connectivity index (χ0n) is 11.3. The number of nitrogens with one attached hydrogen (secondary N) is 2. The normalized spacial score (nSPS) is 23.1. The predicted molar refractivity (Wildman–Crippen MR) is 68.6 cm³/mol. The third-order valence-corrected chi connectivity index (χ3v) is 3.34. The van der Waals surface area contributed by atoms with Crippen LogP contribution in [0.5, 0.6) is 0 Å². The lowest BCUT2D eigenvalue weighted by atomic mass is 10.0. The molecule has 1 heterocycles. The van der Waals surface area contributed by atoms with Crippen molar-refractivity contribution in [2.75, 3.05) is 19.6 Å². The number of urea groups is 1. The molecule has 0 aliphatic carbocycles. The number of likely N-dealkylation sites (tertiary alicyclic amines) is 1. The first kappa shape index (κ1) is 15.4. The van der Waals surface area contributed by atoms with E-state index >= 15 is 0 Å². The lowest BCUT2D eigenvalue weighted by molar-refractivity contribution is -0.142. The van der Waals surface area contributed by atoms with Crippen LogP contribution in [0.4, 0.5) is 4.79 Å². The average molecular weight is 271 g/mol. The quantitative estimate of drug-likeness (QED) is 0.654. The lowest BCUT2D eigenvalue weighted by Gasteiger charge is -2.22. The Morgan fingerprint density at radius 3 is 2.58 bits per heavy atom. The van der Waals surface area contributed by atoms with Crippen LogP contribution in [-0.2, 0) is 9.59 Å². The maximum absolute atomic E-state index is 11.6. The number of carboxylic acids is 1. The molecule has 2 atom stereocenters. The smallest absolute Gasteiger partial charge is 0.321 e. The van der Waals surface area contributed by atoms with Gasteiger partial charge in [-0.1, -0.05) is 6.92 Å². The molecule has 2 unspecified atom stereocenters. The second-order valence-corrected chi connectivity index (χ2v) is 4.75. The Labute approximate surface area is 112 Å². The SMILES string of the molecule is CCCNC(=O)NC(=O)CN1CCC(C(=O)O)C1C. The van der Waals surface area contributed by atoms with Crippen molar-refractivity contribution in [3.8, 4) is 0 Å². The predicted octanol–water partition coefficient (Wildman–Crippen LogP) is 0.0172. The van der Waals surface area contributed by atoms with E-state index in [0.29, 0.717) is 19.5 Å². The zero-order chi connectivity index (χ0) is 14.4. The molecule has 3 N–H and O–H groups in total. The molecule has 1 rings (SSSR count). The summed E-state index contributed by atoms with van der Waals surface area (Å²) >= 11 is 0. The van der Waals surface area contributed by atoms with Crippen molar-refractivity contribution in [3.05, 3.63) is 0 Å². The van der Waals surface area contributed by atoms with Gasteiger partial charge >= 0.3 is 12.0 Å². The highest BCUT2D eigenvalue weighted by molar-refractivity contribution is 5.95. The summed E-state index contributed by atoms with van der Waals surface area (Å²) in [5.74, 6) is -1.69. The van der Waals surface area contributed by atoms with Crippen LogP contribution >= 0.6 is 0 Å². The van der Waals surface area contributed by atoms with Crippen molar-refractivity contribution < 1.29 is 19.5 Å². The maximum Gasteiger partial charge on any atom is 0.321 e. The van der Waals surface area contributed by atoms with E-state index in [1.165, 1.54) is 0 Å². The highest BCUT2D eigenvalue weighted by Gasteiger charge is 2.36. The Balaban J connectivity index is 2.37. The molecule has 0 spiro atoms. The molecule has 19 heavy (non-hydrogen) atoms. The first-order valence-electron chi connectivity index (χ1n) is 6.50. The van der Waals surface area contributed by atoms with Gasteiger partial charge in [-0.15, -0.1) is 0 Å². The van der Waals surface area contributed by atoms with Gasteiger partial charge in [0.25, 0.3) is 0 Å². The van der Waals surface area contributed by atoms with Gasteiger partial charge in [-0.05, 0) is 26.3 Å². The first-order chi connectivity index (χ1) is 8.95. The third-order valence-electron chi connectivity index (χ3n) is 3.34. The van der Waals surface area contributed by atoms with Crippen molar-refractivity contribution in [1.29, 1.82) is 0 Å². The standard InChI is InChI=1S/C12H21N3O4/c1-3-5-13-12(19)14-10(16)7-15-6-4-9(8(15)2)11(17)18/h8-9H,3-7H2,1-2H3,(H,17,18)(H2,13,14,16,19). The molecule has 1 aliphatic heterocycles. The molecule has 0 aromatic carbocycles. The van der Waals surface area contributed by atoms with Crippen molar-refractivity contribution in [2.24, 2.45) is 5.92 Å². The largest absolute Gasteiger partial charge is 0.481 e. The van der Waals surface area contributed by atoms with E-state index in [4.69, 9.17) is 5.11 Å². The number of carbonyl (C=O) groups excluding carboxylic acids is 2. The summed E-state index contributed by atoms with van der Waals surface area (Å²) in [7, 11) is 0. The van der Waals surface area contributed by atoms with Crippen LogP contribution in [0.2, 0.25) is 0 Å². The van der Waals surface area contributed by atoms with E-state index < -0.39 is 23.8 Å². The molecule has 1 aliphatic rings. The molecular formula is C12H21N3O4. The number of carbonyl (C=O) groups is 3. The van der Waals surface area contributed by atoms with Crippen molar-refractivity contribution in [3.63, 3.8) is 0 Å². The number of aliphatic carboxylic acids is 1.